The van der Waals surface area contributed by atoms with Crippen LogP contribution in [0.2, 0.25) is 0 Å². The molecule has 1 aliphatic heterocycles. The van der Waals surface area contributed by atoms with E-state index in [0.717, 1.165) is 29.3 Å². The first kappa shape index (κ1) is 18.0. The summed E-state index contributed by atoms with van der Waals surface area (Å²) in [6, 6.07) is 10.0. The van der Waals surface area contributed by atoms with E-state index in [1.807, 2.05) is 24.3 Å². The molecule has 7 heteroatoms. The summed E-state index contributed by atoms with van der Waals surface area (Å²) in [4.78, 5) is 25.2. The van der Waals surface area contributed by atoms with Gasteiger partial charge in [-0.2, -0.15) is 0 Å². The molecule has 1 heterocycles. The van der Waals surface area contributed by atoms with Crippen LogP contribution in [-0.2, 0) is 27.3 Å². The van der Waals surface area contributed by atoms with Crippen LogP contribution < -0.4 is 10.2 Å². The molecule has 0 spiro atoms. The number of quaternary nitrogens is 1. The predicted molar refractivity (Wildman–Crippen MR) is 90.5 cm³/mol. The standard InChI is InChI=1S/C19H18F2N2O3/c1-26-19(25)17-8-12-4-2-3-5-13(12)10-23(17)11-18(24)22-16-9-14(20)6-7-15(16)21/h2-7,9,17H,8,10-11H2,1H3,(H,22,24)/p+1/t17-/m0/s1. The molecule has 0 saturated carbocycles. The molecule has 1 aliphatic rings. The van der Waals surface area contributed by atoms with E-state index < -0.39 is 29.6 Å². The summed E-state index contributed by atoms with van der Waals surface area (Å²) < 4.78 is 31.8. The number of anilines is 1. The summed E-state index contributed by atoms with van der Waals surface area (Å²) in [5, 5.41) is 2.37. The fraction of sp³-hybridized carbons (Fsp3) is 0.263. The van der Waals surface area contributed by atoms with Gasteiger partial charge < -0.3 is 15.0 Å². The van der Waals surface area contributed by atoms with Crippen LogP contribution in [0.1, 0.15) is 11.1 Å². The smallest absolute Gasteiger partial charge is 0.365 e. The predicted octanol–water partition coefficient (Wildman–Crippen LogP) is 1.09. The number of carbonyl (C=O) groups excluding carboxylic acids is 2. The molecule has 2 N–H and O–H groups in total. The zero-order valence-corrected chi connectivity index (χ0v) is 14.2. The third-order valence-corrected chi connectivity index (χ3v) is 4.53. The lowest BCUT2D eigenvalue weighted by Gasteiger charge is -2.31. The maximum absolute atomic E-state index is 13.7. The summed E-state index contributed by atoms with van der Waals surface area (Å²) >= 11 is 0. The quantitative estimate of drug-likeness (QED) is 0.802. The minimum absolute atomic E-state index is 0.0654. The lowest BCUT2D eigenvalue weighted by atomic mass is 9.94. The van der Waals surface area contributed by atoms with Crippen LogP contribution in [0.25, 0.3) is 0 Å². The van der Waals surface area contributed by atoms with Crippen molar-refractivity contribution in [2.45, 2.75) is 19.0 Å². The number of benzene rings is 2. The molecule has 2 atom stereocenters. The molecule has 0 radical (unpaired) electrons. The Morgan fingerprint density at radius 1 is 1.19 bits per heavy atom. The molecule has 26 heavy (non-hydrogen) atoms. The van der Waals surface area contributed by atoms with Gasteiger partial charge in [-0.3, -0.25) is 4.79 Å². The number of fused-ring (bicyclic) bond motifs is 1. The Kier molecular flexibility index (Phi) is 5.27. The molecule has 0 aromatic heterocycles. The van der Waals surface area contributed by atoms with Gasteiger partial charge in [0, 0.05) is 18.1 Å². The monoisotopic (exact) mass is 361 g/mol. The third kappa shape index (κ3) is 3.88. The van der Waals surface area contributed by atoms with Crippen LogP contribution in [0, 0.1) is 11.6 Å². The van der Waals surface area contributed by atoms with Gasteiger partial charge in [-0.15, -0.1) is 0 Å². The zero-order valence-electron chi connectivity index (χ0n) is 14.2. The van der Waals surface area contributed by atoms with Gasteiger partial charge in [0.15, 0.2) is 12.6 Å². The van der Waals surface area contributed by atoms with E-state index >= 15 is 0 Å². The average Bonchev–Trinajstić information content (AvgIpc) is 2.63. The van der Waals surface area contributed by atoms with Crippen LogP contribution in [0.3, 0.4) is 0 Å². The first-order valence-electron chi connectivity index (χ1n) is 8.22. The molecule has 3 rings (SSSR count). The largest absolute Gasteiger partial charge is 0.465 e. The molecule has 0 fully saturated rings. The highest BCUT2D eigenvalue weighted by Gasteiger charge is 2.37. The van der Waals surface area contributed by atoms with Crippen LogP contribution >= 0.6 is 0 Å². The second-order valence-corrected chi connectivity index (χ2v) is 6.23. The number of carbonyl (C=O) groups is 2. The Morgan fingerprint density at radius 2 is 1.92 bits per heavy atom. The summed E-state index contributed by atoms with van der Waals surface area (Å²) in [6.07, 6.45) is 0.458. The van der Waals surface area contributed by atoms with Gasteiger partial charge >= 0.3 is 5.97 Å². The Morgan fingerprint density at radius 3 is 2.65 bits per heavy atom. The van der Waals surface area contributed by atoms with Crippen LogP contribution in [0.15, 0.2) is 42.5 Å². The normalized spacial score (nSPS) is 18.7. The number of hydrogen-bond donors (Lipinski definition) is 2. The molecule has 0 bridgehead atoms. The van der Waals surface area contributed by atoms with E-state index in [1.54, 1.807) is 0 Å². The Balaban J connectivity index is 1.76. The highest BCUT2D eigenvalue weighted by molar-refractivity contribution is 5.91. The number of rotatable bonds is 4. The van der Waals surface area contributed by atoms with Crippen molar-refractivity contribution in [2.24, 2.45) is 0 Å². The molecule has 1 unspecified atom stereocenters. The lowest BCUT2D eigenvalue weighted by Crippen LogP contribution is -3.17. The first-order chi connectivity index (χ1) is 12.5. The van der Waals surface area contributed by atoms with E-state index in [9.17, 15) is 18.4 Å². The van der Waals surface area contributed by atoms with Crippen LogP contribution in [-0.4, -0.2) is 31.6 Å². The molecular formula is C19H19F2N2O3+. The van der Waals surface area contributed by atoms with Gasteiger partial charge in [-0.05, 0) is 17.7 Å². The molecule has 136 valence electrons. The number of methoxy groups -OCH3 is 1. The summed E-state index contributed by atoms with van der Waals surface area (Å²) in [5.41, 5.74) is 1.87. The van der Waals surface area contributed by atoms with Gasteiger partial charge in [-0.25, -0.2) is 13.6 Å². The van der Waals surface area contributed by atoms with Crippen molar-refractivity contribution in [3.63, 3.8) is 0 Å². The van der Waals surface area contributed by atoms with Gasteiger partial charge in [0.1, 0.15) is 18.2 Å². The van der Waals surface area contributed by atoms with Crippen molar-refractivity contribution in [3.8, 4) is 0 Å². The van der Waals surface area contributed by atoms with Gasteiger partial charge in [0.05, 0.1) is 12.8 Å². The number of nitrogens with one attached hydrogen (secondary N) is 2. The Labute approximate surface area is 149 Å². The minimum atomic E-state index is -0.719. The third-order valence-electron chi connectivity index (χ3n) is 4.53. The van der Waals surface area contributed by atoms with Gasteiger partial charge in [0.25, 0.3) is 5.91 Å². The Bertz CT molecular complexity index is 841. The van der Waals surface area contributed by atoms with Crippen LogP contribution in [0.5, 0.6) is 0 Å². The molecule has 1 amide bonds. The summed E-state index contributed by atoms with van der Waals surface area (Å²) in [6.45, 7) is 0.402. The number of esters is 1. The molecular weight excluding hydrogens is 342 g/mol. The number of amides is 1. The summed E-state index contributed by atoms with van der Waals surface area (Å²) in [5.74, 6) is -2.27. The second-order valence-electron chi connectivity index (χ2n) is 6.23. The molecule has 0 saturated heterocycles. The molecule has 0 aliphatic carbocycles. The highest BCUT2D eigenvalue weighted by Crippen LogP contribution is 2.16. The number of hydrogen-bond acceptors (Lipinski definition) is 3. The van der Waals surface area contributed by atoms with E-state index in [1.165, 1.54) is 7.11 Å². The van der Waals surface area contributed by atoms with Crippen molar-refractivity contribution >= 4 is 17.6 Å². The second kappa shape index (κ2) is 7.61. The number of ether oxygens (including phenoxy) is 1. The summed E-state index contributed by atoms with van der Waals surface area (Å²) in [7, 11) is 1.31. The van der Waals surface area contributed by atoms with Gasteiger partial charge in [-0.1, -0.05) is 24.3 Å². The van der Waals surface area contributed by atoms with Crippen molar-refractivity contribution in [1.29, 1.82) is 0 Å². The topological polar surface area (TPSA) is 59.8 Å². The molecule has 2 aromatic carbocycles. The fourth-order valence-electron chi connectivity index (χ4n) is 3.23. The van der Waals surface area contributed by atoms with Crippen molar-refractivity contribution in [3.05, 3.63) is 65.2 Å². The maximum atomic E-state index is 13.7. The van der Waals surface area contributed by atoms with Crippen molar-refractivity contribution in [1.82, 2.24) is 0 Å². The minimum Gasteiger partial charge on any atom is -0.465 e. The zero-order chi connectivity index (χ0) is 18.7. The average molecular weight is 361 g/mol. The van der Waals surface area contributed by atoms with Gasteiger partial charge in [0.2, 0.25) is 0 Å². The first-order valence-corrected chi connectivity index (χ1v) is 8.22. The van der Waals surface area contributed by atoms with E-state index in [2.05, 4.69) is 5.32 Å². The maximum Gasteiger partial charge on any atom is 0.365 e. The van der Waals surface area contributed by atoms with E-state index in [0.29, 0.717) is 17.9 Å². The van der Waals surface area contributed by atoms with E-state index in [-0.39, 0.29) is 12.2 Å². The fourth-order valence-corrected chi connectivity index (χ4v) is 3.23. The van der Waals surface area contributed by atoms with Crippen LogP contribution in [0.4, 0.5) is 14.5 Å². The highest BCUT2D eigenvalue weighted by atomic mass is 19.1. The molecule has 2 aromatic rings. The SMILES string of the molecule is COC(=O)[C@@H]1Cc2ccccc2C[NH+]1CC(=O)Nc1cc(F)ccc1F. The lowest BCUT2D eigenvalue weighted by molar-refractivity contribution is -0.924. The van der Waals surface area contributed by atoms with Crippen molar-refractivity contribution < 1.29 is 28.0 Å². The van der Waals surface area contributed by atoms with Crippen molar-refractivity contribution in [2.75, 3.05) is 19.0 Å². The molecule has 5 nitrogen and oxygen atoms in total. The van der Waals surface area contributed by atoms with E-state index in [4.69, 9.17) is 4.74 Å². The number of halogens is 2. The Hall–Kier alpha value is -2.80.